The maximum absolute atomic E-state index is 12.2. The average molecular weight is 264 g/mol. The minimum absolute atomic E-state index is 0.278. The number of rotatable bonds is 9. The smallest absolute Gasteiger partial charge is 0.215 e. The second kappa shape index (κ2) is 7.34. The van der Waals surface area contributed by atoms with Crippen LogP contribution in [0.15, 0.2) is 0 Å². The van der Waals surface area contributed by atoms with Crippen LogP contribution in [0.25, 0.3) is 0 Å². The lowest BCUT2D eigenvalue weighted by Gasteiger charge is -2.32. The molecule has 4 nitrogen and oxygen atoms in total. The van der Waals surface area contributed by atoms with Crippen LogP contribution in [0, 0.1) is 0 Å². The van der Waals surface area contributed by atoms with Crippen LogP contribution >= 0.6 is 0 Å². The molecule has 0 fully saturated rings. The predicted octanol–water partition coefficient (Wildman–Crippen LogP) is 1.87. The Morgan fingerprint density at radius 3 is 1.88 bits per heavy atom. The van der Waals surface area contributed by atoms with E-state index in [1.807, 2.05) is 27.7 Å². The van der Waals surface area contributed by atoms with E-state index in [1.54, 1.807) is 6.92 Å². The molecule has 1 unspecified atom stereocenters. The maximum Gasteiger partial charge on any atom is 0.215 e. The highest BCUT2D eigenvalue weighted by molar-refractivity contribution is 7.90. The number of hydrogen-bond acceptors (Lipinski definition) is 3. The Balaban J connectivity index is 4.72. The molecular formula is C12H28N2O2S. The van der Waals surface area contributed by atoms with Crippen LogP contribution in [-0.2, 0) is 10.0 Å². The molecule has 0 rings (SSSR count). The zero-order valence-electron chi connectivity index (χ0n) is 11.8. The molecule has 0 radical (unpaired) electrons. The summed E-state index contributed by atoms with van der Waals surface area (Å²) in [6.45, 7) is 11.1. The molecule has 0 spiro atoms. The largest absolute Gasteiger partial charge is 0.316 e. The molecule has 104 valence electrons. The molecule has 0 bridgehead atoms. The third-order valence-corrected chi connectivity index (χ3v) is 5.54. The molecule has 2 N–H and O–H groups in total. The molecule has 0 aromatic carbocycles. The Hall–Kier alpha value is -0.130. The lowest BCUT2D eigenvalue weighted by molar-refractivity contribution is 0.340. The fraction of sp³-hybridized carbons (Fsp3) is 1.00. The molecule has 0 heterocycles. The molecule has 0 aromatic heterocycles. The van der Waals surface area contributed by atoms with E-state index in [0.717, 1.165) is 25.8 Å². The predicted molar refractivity (Wildman–Crippen MR) is 73.7 cm³/mol. The third kappa shape index (κ3) is 4.94. The molecule has 0 aliphatic carbocycles. The van der Waals surface area contributed by atoms with Crippen molar-refractivity contribution in [2.45, 2.75) is 64.7 Å². The van der Waals surface area contributed by atoms with Gasteiger partial charge in [0.05, 0.1) is 5.25 Å². The van der Waals surface area contributed by atoms with Crippen LogP contribution in [0.2, 0.25) is 0 Å². The van der Waals surface area contributed by atoms with Gasteiger partial charge < -0.3 is 5.32 Å². The van der Waals surface area contributed by atoms with E-state index < -0.39 is 15.3 Å². The summed E-state index contributed by atoms with van der Waals surface area (Å²) < 4.78 is 27.3. The molecule has 1 atom stereocenters. The van der Waals surface area contributed by atoms with E-state index in [-0.39, 0.29) is 5.54 Å². The SMILES string of the molecule is CCNCC(C)S(=O)(=O)NC(CC)(CC)CC. The van der Waals surface area contributed by atoms with Gasteiger partial charge in [-0.3, -0.25) is 0 Å². The second-order valence-corrected chi connectivity index (χ2v) is 6.71. The van der Waals surface area contributed by atoms with E-state index in [2.05, 4.69) is 10.0 Å². The van der Waals surface area contributed by atoms with E-state index in [4.69, 9.17) is 0 Å². The zero-order valence-corrected chi connectivity index (χ0v) is 12.7. The van der Waals surface area contributed by atoms with Crippen molar-refractivity contribution in [1.29, 1.82) is 0 Å². The Bertz CT molecular complexity index is 289. The van der Waals surface area contributed by atoms with Gasteiger partial charge >= 0.3 is 0 Å². The first-order valence-electron chi connectivity index (χ1n) is 6.60. The fourth-order valence-electron chi connectivity index (χ4n) is 1.83. The molecule has 5 heteroatoms. The summed E-state index contributed by atoms with van der Waals surface area (Å²) in [5.41, 5.74) is -0.278. The molecule has 0 aromatic rings. The molecule has 0 saturated carbocycles. The topological polar surface area (TPSA) is 58.2 Å². The van der Waals surface area contributed by atoms with Crippen LogP contribution in [-0.4, -0.2) is 32.3 Å². The molecule has 0 aliphatic heterocycles. The van der Waals surface area contributed by atoms with Gasteiger partial charge in [0.25, 0.3) is 0 Å². The van der Waals surface area contributed by atoms with E-state index in [1.165, 1.54) is 0 Å². The quantitative estimate of drug-likeness (QED) is 0.668. The highest BCUT2D eigenvalue weighted by Crippen LogP contribution is 2.21. The van der Waals surface area contributed by atoms with Crippen molar-refractivity contribution in [2.75, 3.05) is 13.1 Å². The Labute approximate surface area is 107 Å². The van der Waals surface area contributed by atoms with Crippen LogP contribution < -0.4 is 10.0 Å². The van der Waals surface area contributed by atoms with Crippen LogP contribution in [0.5, 0.6) is 0 Å². The van der Waals surface area contributed by atoms with Crippen molar-refractivity contribution in [3.8, 4) is 0 Å². The highest BCUT2D eigenvalue weighted by atomic mass is 32.2. The summed E-state index contributed by atoms with van der Waals surface area (Å²) >= 11 is 0. The monoisotopic (exact) mass is 264 g/mol. The summed E-state index contributed by atoms with van der Waals surface area (Å²) in [7, 11) is -3.24. The van der Waals surface area contributed by atoms with Gasteiger partial charge in [0.15, 0.2) is 0 Å². The second-order valence-electron chi connectivity index (χ2n) is 4.61. The lowest BCUT2D eigenvalue weighted by Crippen LogP contribution is -2.51. The number of sulfonamides is 1. The fourth-order valence-corrected chi connectivity index (χ4v) is 3.40. The van der Waals surface area contributed by atoms with Crippen LogP contribution in [0.1, 0.15) is 53.9 Å². The van der Waals surface area contributed by atoms with Crippen molar-refractivity contribution in [1.82, 2.24) is 10.0 Å². The van der Waals surface area contributed by atoms with Gasteiger partial charge in [0, 0.05) is 12.1 Å². The number of hydrogen-bond donors (Lipinski definition) is 2. The highest BCUT2D eigenvalue weighted by Gasteiger charge is 2.32. The molecule has 0 saturated heterocycles. The van der Waals surface area contributed by atoms with Crippen LogP contribution in [0.4, 0.5) is 0 Å². The molecule has 0 aliphatic rings. The summed E-state index contributed by atoms with van der Waals surface area (Å²) in [6, 6.07) is 0. The normalized spacial score (nSPS) is 14.9. The molecule has 17 heavy (non-hydrogen) atoms. The van der Waals surface area contributed by atoms with Gasteiger partial charge in [-0.15, -0.1) is 0 Å². The zero-order chi connectivity index (χ0) is 13.5. The van der Waals surface area contributed by atoms with Crippen LogP contribution in [0.3, 0.4) is 0 Å². The average Bonchev–Trinajstić information content (AvgIpc) is 2.33. The van der Waals surface area contributed by atoms with Gasteiger partial charge in [0.1, 0.15) is 0 Å². The first-order chi connectivity index (χ1) is 7.87. The Morgan fingerprint density at radius 2 is 1.53 bits per heavy atom. The van der Waals surface area contributed by atoms with E-state index >= 15 is 0 Å². The third-order valence-electron chi connectivity index (χ3n) is 3.60. The van der Waals surface area contributed by atoms with Crippen molar-refractivity contribution in [3.63, 3.8) is 0 Å². The lowest BCUT2D eigenvalue weighted by atomic mass is 9.91. The molecular weight excluding hydrogens is 236 g/mol. The first-order valence-corrected chi connectivity index (χ1v) is 8.15. The summed E-state index contributed by atoms with van der Waals surface area (Å²) in [5, 5.41) is 2.68. The van der Waals surface area contributed by atoms with Crippen molar-refractivity contribution < 1.29 is 8.42 Å². The van der Waals surface area contributed by atoms with Gasteiger partial charge in [-0.25, -0.2) is 13.1 Å². The van der Waals surface area contributed by atoms with Crippen molar-refractivity contribution in [2.24, 2.45) is 0 Å². The Morgan fingerprint density at radius 1 is 1.06 bits per heavy atom. The van der Waals surface area contributed by atoms with Crippen molar-refractivity contribution >= 4 is 10.0 Å². The van der Waals surface area contributed by atoms with E-state index in [0.29, 0.717) is 6.54 Å². The minimum atomic E-state index is -3.24. The van der Waals surface area contributed by atoms with Gasteiger partial charge in [-0.1, -0.05) is 27.7 Å². The van der Waals surface area contributed by atoms with Gasteiger partial charge in [-0.2, -0.15) is 0 Å². The van der Waals surface area contributed by atoms with E-state index in [9.17, 15) is 8.42 Å². The molecule has 0 amide bonds. The first kappa shape index (κ1) is 16.9. The summed E-state index contributed by atoms with van der Waals surface area (Å²) in [4.78, 5) is 0. The number of nitrogens with one attached hydrogen (secondary N) is 2. The van der Waals surface area contributed by atoms with Gasteiger partial charge in [0.2, 0.25) is 10.0 Å². The van der Waals surface area contributed by atoms with Crippen molar-refractivity contribution in [3.05, 3.63) is 0 Å². The standard InChI is InChI=1S/C12H28N2O2S/c1-6-12(7-2,8-3)14-17(15,16)11(5)10-13-9-4/h11,13-14H,6-10H2,1-5H3. The Kier molecular flexibility index (Phi) is 7.28. The summed E-state index contributed by atoms with van der Waals surface area (Å²) in [5.74, 6) is 0. The summed E-state index contributed by atoms with van der Waals surface area (Å²) in [6.07, 6.45) is 2.48. The minimum Gasteiger partial charge on any atom is -0.316 e. The maximum atomic E-state index is 12.2. The van der Waals surface area contributed by atoms with Gasteiger partial charge in [-0.05, 0) is 32.7 Å².